The van der Waals surface area contributed by atoms with Gasteiger partial charge in [-0.25, -0.2) is 4.79 Å². The highest BCUT2D eigenvalue weighted by atomic mass is 16.7. The molecule has 3 aromatic rings. The molecule has 0 unspecified atom stereocenters. The van der Waals surface area contributed by atoms with Crippen LogP contribution in [0.2, 0.25) is 0 Å². The first-order valence-corrected chi connectivity index (χ1v) is 41.7. The standard InChI is InChI=1S/C31H46N4O8.C28H44N6O8.C27H43N3O6/c1-30(2,3)41-28(39)21-33-15-13-32(14-16-34(18-17-33)22-29(40)42-31(4,5)6)20-24-9-7-23(8-10-24)19-27(38)43-35-25(36)11-12-26(35)37;29-31-30-7-15-41-17-19-42-18-16-40-14-1-2-26(35)20-24-3-5-25(6-4-24)21-32-8-10-33(22-27(36)37)12-13-34(11-9-32)23-28(38)39;1-26(2,3)35-24(33)19-29-13-11-28(18-22-9-7-21(8-10-22)17-23(31)32)12-14-30(16-15-29)20-25(34)36-27(4,5)6/h7-10H,11-22H2,1-6H3;3-6H,1-2,7-23H2,(H,36,37)(H,38,39);7-10H,11-20H2,1-6H3,(H,31,32). The molecule has 4 fully saturated rings. The van der Waals surface area contributed by atoms with Crippen molar-refractivity contribution in [2.24, 2.45) is 5.11 Å². The third kappa shape index (κ3) is 47.9. The van der Waals surface area contributed by atoms with Crippen LogP contribution in [0.3, 0.4) is 0 Å². The molecular formula is C86H133N13O22. The molecule has 35 nitrogen and oxygen atoms in total. The summed E-state index contributed by atoms with van der Waals surface area (Å²) in [6, 6.07) is 23.1. The summed E-state index contributed by atoms with van der Waals surface area (Å²) in [7, 11) is 0. The summed E-state index contributed by atoms with van der Waals surface area (Å²) in [6.45, 7) is 39.3. The van der Waals surface area contributed by atoms with Gasteiger partial charge in [-0.15, -0.1) is 5.06 Å². The Morgan fingerprint density at radius 3 is 0.901 bits per heavy atom. The molecule has 3 N–H and O–H groups in total. The van der Waals surface area contributed by atoms with Crippen LogP contribution in [0, 0.1) is 0 Å². The van der Waals surface area contributed by atoms with Gasteiger partial charge >= 0.3 is 47.8 Å². The average Bonchev–Trinajstić information content (AvgIpc) is 1.81. The largest absolute Gasteiger partial charge is 0.481 e. The van der Waals surface area contributed by atoms with Crippen LogP contribution in [0.1, 0.15) is 142 Å². The molecule has 0 saturated carbocycles. The number of Topliss-reactive ketones (excluding diaryl/α,β-unsaturated/α-hetero) is 1. The van der Waals surface area contributed by atoms with Gasteiger partial charge in [0.05, 0.1) is 85.1 Å². The van der Waals surface area contributed by atoms with Crippen LogP contribution in [0.5, 0.6) is 0 Å². The number of benzene rings is 3. The maximum Gasteiger partial charge on any atom is 0.337 e. The van der Waals surface area contributed by atoms with Gasteiger partial charge in [-0.05, 0) is 128 Å². The van der Waals surface area contributed by atoms with Crippen molar-refractivity contribution < 1.29 is 106 Å². The molecule has 121 heavy (non-hydrogen) atoms. The van der Waals surface area contributed by atoms with Gasteiger partial charge in [0.2, 0.25) is 0 Å². The smallest absolute Gasteiger partial charge is 0.337 e. The number of aliphatic carboxylic acids is 3. The quantitative estimate of drug-likeness (QED) is 0.0115. The molecule has 4 heterocycles. The second-order valence-corrected chi connectivity index (χ2v) is 34.5. The molecule has 0 atom stereocenters. The molecule has 0 aliphatic carbocycles. The Labute approximate surface area is 712 Å². The number of hydroxylamine groups is 2. The zero-order chi connectivity index (χ0) is 89.1. The van der Waals surface area contributed by atoms with Gasteiger partial charge in [-0.1, -0.05) is 77.9 Å². The third-order valence-corrected chi connectivity index (χ3v) is 18.9. The predicted molar refractivity (Wildman–Crippen MR) is 449 cm³/mol. The van der Waals surface area contributed by atoms with E-state index in [1.54, 1.807) is 0 Å². The number of ether oxygens (including phenoxy) is 7. The molecule has 3 aromatic carbocycles. The predicted octanol–water partition coefficient (Wildman–Crippen LogP) is 5.88. The minimum Gasteiger partial charge on any atom is -0.481 e. The molecular weight excluding hydrogens is 1570 g/mol. The lowest BCUT2D eigenvalue weighted by Crippen LogP contribution is -2.42. The molecule has 4 aliphatic heterocycles. The number of imide groups is 1. The topological polar surface area (TPSA) is 403 Å². The lowest BCUT2D eigenvalue weighted by molar-refractivity contribution is -0.197. The van der Waals surface area contributed by atoms with Crippen LogP contribution < -0.4 is 0 Å². The third-order valence-electron chi connectivity index (χ3n) is 18.9. The average molecular weight is 1700 g/mol. The molecule has 7 rings (SSSR count). The van der Waals surface area contributed by atoms with Crippen LogP contribution in [-0.4, -0.2) is 355 Å². The van der Waals surface area contributed by atoms with E-state index in [1.165, 1.54) is 0 Å². The van der Waals surface area contributed by atoms with Crippen molar-refractivity contribution in [3.8, 4) is 0 Å². The van der Waals surface area contributed by atoms with E-state index < -0.39 is 58.1 Å². The molecule has 35 heteroatoms. The molecule has 0 spiro atoms. The summed E-state index contributed by atoms with van der Waals surface area (Å²) in [5.41, 5.74) is 11.5. The molecule has 2 amide bonds. The zero-order valence-electron chi connectivity index (χ0n) is 73.3. The normalized spacial score (nSPS) is 16.8. The summed E-state index contributed by atoms with van der Waals surface area (Å²) in [5.74, 6) is -5.28. The number of hydrogen-bond donors (Lipinski definition) is 3. The lowest BCUT2D eigenvalue weighted by Gasteiger charge is -2.27. The van der Waals surface area contributed by atoms with Gasteiger partial charge in [0.1, 0.15) is 28.2 Å². The number of rotatable bonds is 38. The number of amides is 2. The van der Waals surface area contributed by atoms with Crippen LogP contribution >= 0.6 is 0 Å². The van der Waals surface area contributed by atoms with Gasteiger partial charge < -0.3 is 53.3 Å². The summed E-state index contributed by atoms with van der Waals surface area (Å²) in [6.07, 6.45) is 1.48. The van der Waals surface area contributed by atoms with Crippen molar-refractivity contribution in [2.75, 3.05) is 203 Å². The van der Waals surface area contributed by atoms with Crippen LogP contribution in [0.15, 0.2) is 77.9 Å². The first-order valence-electron chi connectivity index (χ1n) is 41.7. The minimum absolute atomic E-state index is 0.00322. The van der Waals surface area contributed by atoms with Crippen molar-refractivity contribution in [1.82, 2.24) is 49.2 Å². The number of carbonyl (C=O) groups excluding carboxylic acids is 8. The van der Waals surface area contributed by atoms with E-state index in [-0.39, 0.29) is 94.6 Å². The van der Waals surface area contributed by atoms with Crippen molar-refractivity contribution in [1.29, 1.82) is 0 Å². The minimum atomic E-state index is -0.896. The number of carbonyl (C=O) groups is 11. The highest BCUT2D eigenvalue weighted by Gasteiger charge is 2.34. The number of hydrogen-bond acceptors (Lipinski definition) is 29. The monoisotopic (exact) mass is 1700 g/mol. The van der Waals surface area contributed by atoms with Gasteiger partial charge in [-0.3, -0.25) is 92.0 Å². The molecule has 0 bridgehead atoms. The summed E-state index contributed by atoms with van der Waals surface area (Å²) in [5, 5.41) is 31.4. The Kier molecular flexibility index (Phi) is 45.1. The number of azide groups is 1. The first kappa shape index (κ1) is 103. The van der Waals surface area contributed by atoms with Crippen LogP contribution in [0.25, 0.3) is 10.4 Å². The highest BCUT2D eigenvalue weighted by molar-refractivity contribution is 6.01. The van der Waals surface area contributed by atoms with Crippen LogP contribution in [-0.2, 0) is 130 Å². The lowest BCUT2D eigenvalue weighted by atomic mass is 10.0. The van der Waals surface area contributed by atoms with E-state index in [9.17, 15) is 63.0 Å². The van der Waals surface area contributed by atoms with Gasteiger partial charge in [-0.2, -0.15) is 0 Å². The second-order valence-electron chi connectivity index (χ2n) is 34.5. The Balaban J connectivity index is 0.000000324. The maximum absolute atomic E-state index is 12.6. The summed E-state index contributed by atoms with van der Waals surface area (Å²) < 4.78 is 38.3. The number of esters is 4. The Bertz CT molecular complexity index is 3660. The van der Waals surface area contributed by atoms with E-state index in [4.69, 9.17) is 48.6 Å². The molecule has 0 radical (unpaired) electrons. The SMILES string of the molecule is CC(C)(C)OC(=O)CN1CCN(CC(=O)OC(C)(C)C)CCN(Cc2ccc(CC(=O)O)cc2)CC1.CC(C)(C)OC(=O)CN1CCN(CC(=O)OC(C)(C)C)CCN(Cc2ccc(CC(=O)ON3C(=O)CCC3=O)cc2)CC1.[N-]=[N+]=NCCOCCOCCOCCCC(=O)Cc1ccc(CN2CCN(CC(=O)O)CCN(CC(=O)O)CC2)cc1. The van der Waals surface area contributed by atoms with Gasteiger partial charge in [0, 0.05) is 181 Å². The number of carboxylic acids is 3. The molecule has 674 valence electrons. The van der Waals surface area contributed by atoms with E-state index in [1.807, 2.05) is 166 Å². The fourth-order valence-corrected chi connectivity index (χ4v) is 13.2. The van der Waals surface area contributed by atoms with E-state index >= 15 is 0 Å². The Morgan fingerprint density at radius 2 is 0.612 bits per heavy atom. The van der Waals surface area contributed by atoms with E-state index in [2.05, 4.69) is 44.3 Å². The van der Waals surface area contributed by atoms with Crippen molar-refractivity contribution >= 4 is 65.4 Å². The van der Waals surface area contributed by atoms with Crippen LogP contribution in [0.4, 0.5) is 0 Å². The molecule has 4 aliphatic rings. The fourth-order valence-electron chi connectivity index (χ4n) is 13.2. The molecule has 0 aromatic heterocycles. The number of ketones is 1. The highest BCUT2D eigenvalue weighted by Crippen LogP contribution is 2.20. The second kappa shape index (κ2) is 53.2. The first-order chi connectivity index (χ1) is 57.1. The summed E-state index contributed by atoms with van der Waals surface area (Å²) >= 11 is 0. The van der Waals surface area contributed by atoms with E-state index in [0.717, 1.165) is 40.9 Å². The Morgan fingerprint density at radius 1 is 0.347 bits per heavy atom. The number of carboxylic acid groups (broad SMARTS) is 3. The van der Waals surface area contributed by atoms with E-state index in [0.29, 0.717) is 200 Å². The zero-order valence-corrected chi connectivity index (χ0v) is 73.3. The van der Waals surface area contributed by atoms with Crippen molar-refractivity contribution in [3.05, 3.63) is 117 Å². The fraction of sp³-hybridized carbons (Fsp3) is 0.663. The Hall–Kier alpha value is -8.94. The maximum atomic E-state index is 12.6. The van der Waals surface area contributed by atoms with Gasteiger partial charge in [0.15, 0.2) is 0 Å². The number of nitrogens with zero attached hydrogens (tertiary/aromatic N) is 13. The van der Waals surface area contributed by atoms with Crippen molar-refractivity contribution in [2.45, 2.75) is 170 Å². The molecule has 4 saturated heterocycles. The summed E-state index contributed by atoms with van der Waals surface area (Å²) in [4.78, 5) is 158. The van der Waals surface area contributed by atoms with Crippen molar-refractivity contribution in [3.63, 3.8) is 0 Å². The van der Waals surface area contributed by atoms with Gasteiger partial charge in [0.25, 0.3) is 11.8 Å².